The summed E-state index contributed by atoms with van der Waals surface area (Å²) in [6.45, 7) is 4.15. The maximum Gasteiger partial charge on any atom is 0.330 e. The van der Waals surface area contributed by atoms with E-state index in [1.165, 1.54) is 24.3 Å². The minimum atomic E-state index is -0.362. The molecule has 0 saturated heterocycles. The van der Waals surface area contributed by atoms with Crippen molar-refractivity contribution in [3.8, 4) is 0 Å². The number of ether oxygens (including phenoxy) is 1. The first-order valence-electron chi connectivity index (χ1n) is 7.86. The number of esters is 1. The van der Waals surface area contributed by atoms with E-state index in [9.17, 15) is 4.79 Å². The summed E-state index contributed by atoms with van der Waals surface area (Å²) in [6, 6.07) is 16.8. The van der Waals surface area contributed by atoms with Crippen LogP contribution in [0.15, 0.2) is 72.8 Å². The zero-order valence-electron chi connectivity index (χ0n) is 14.3. The predicted molar refractivity (Wildman–Crippen MR) is 101 cm³/mol. The van der Waals surface area contributed by atoms with Gasteiger partial charge in [0.05, 0.1) is 7.11 Å². The molecule has 0 N–H and O–H groups in total. The van der Waals surface area contributed by atoms with E-state index in [0.29, 0.717) is 0 Å². The van der Waals surface area contributed by atoms with Crippen molar-refractivity contribution in [2.75, 3.05) is 7.11 Å². The lowest BCUT2D eigenvalue weighted by Crippen LogP contribution is -1.92. The molecule has 0 heterocycles. The van der Waals surface area contributed by atoms with Crippen LogP contribution in [0.2, 0.25) is 0 Å². The van der Waals surface area contributed by atoms with Crippen molar-refractivity contribution >= 4 is 17.6 Å². The molecule has 2 heteroatoms. The molecule has 0 aliphatic heterocycles. The molecule has 0 bridgehead atoms. The molecule has 2 aromatic rings. The molecule has 0 spiro atoms. The summed E-state index contributed by atoms with van der Waals surface area (Å²) in [6.07, 6.45) is 9.05. The zero-order valence-corrected chi connectivity index (χ0v) is 14.3. The normalized spacial score (nSPS) is 12.0. The van der Waals surface area contributed by atoms with E-state index in [-0.39, 0.29) is 5.97 Å². The van der Waals surface area contributed by atoms with E-state index in [1.54, 1.807) is 6.08 Å². The summed E-state index contributed by atoms with van der Waals surface area (Å²) >= 11 is 0. The third-order valence-electron chi connectivity index (χ3n) is 3.60. The standard InChI is InChI=1S/C22H22O2/c1-17-8-12-19(13-9-17)16-21(6-4-5-7-22(23)24-3)20-14-10-18(2)11-15-20/h4-16H,1-3H3/b6-4+,7-5+,21-16-. The van der Waals surface area contributed by atoms with Crippen LogP contribution in [0.3, 0.4) is 0 Å². The number of methoxy groups -OCH3 is 1. The smallest absolute Gasteiger partial charge is 0.330 e. The van der Waals surface area contributed by atoms with Gasteiger partial charge in [-0.3, -0.25) is 0 Å². The van der Waals surface area contributed by atoms with Crippen LogP contribution in [-0.2, 0) is 9.53 Å². The molecular weight excluding hydrogens is 296 g/mol. The van der Waals surface area contributed by atoms with E-state index in [4.69, 9.17) is 0 Å². The van der Waals surface area contributed by atoms with Crippen molar-refractivity contribution in [3.05, 3.63) is 95.1 Å². The number of aryl methyl sites for hydroxylation is 2. The number of rotatable bonds is 5. The minimum Gasteiger partial charge on any atom is -0.466 e. The van der Waals surface area contributed by atoms with Crippen LogP contribution in [0.1, 0.15) is 22.3 Å². The Morgan fingerprint density at radius 1 is 0.833 bits per heavy atom. The fourth-order valence-electron chi connectivity index (χ4n) is 2.18. The largest absolute Gasteiger partial charge is 0.466 e. The fraction of sp³-hybridized carbons (Fsp3) is 0.136. The maximum atomic E-state index is 11.1. The van der Waals surface area contributed by atoms with Gasteiger partial charge in [0.15, 0.2) is 0 Å². The second kappa shape index (κ2) is 8.68. The molecule has 0 saturated carbocycles. The molecule has 2 aromatic carbocycles. The van der Waals surface area contributed by atoms with Gasteiger partial charge in [0.2, 0.25) is 0 Å². The maximum absolute atomic E-state index is 11.1. The average molecular weight is 318 g/mol. The summed E-state index contributed by atoms with van der Waals surface area (Å²) in [5, 5.41) is 0. The summed E-state index contributed by atoms with van der Waals surface area (Å²) in [7, 11) is 1.37. The van der Waals surface area contributed by atoms with E-state index >= 15 is 0 Å². The molecule has 0 aliphatic carbocycles. The van der Waals surface area contributed by atoms with Crippen LogP contribution < -0.4 is 0 Å². The molecular formula is C22H22O2. The SMILES string of the molecule is COC(=O)/C=C/C=C/C(=C/c1ccc(C)cc1)c1ccc(C)cc1. The van der Waals surface area contributed by atoms with Gasteiger partial charge >= 0.3 is 5.97 Å². The van der Waals surface area contributed by atoms with Crippen molar-refractivity contribution in [2.45, 2.75) is 13.8 Å². The van der Waals surface area contributed by atoms with Crippen LogP contribution in [-0.4, -0.2) is 13.1 Å². The van der Waals surface area contributed by atoms with Gasteiger partial charge in [0.25, 0.3) is 0 Å². The van der Waals surface area contributed by atoms with Crippen molar-refractivity contribution < 1.29 is 9.53 Å². The van der Waals surface area contributed by atoms with Crippen LogP contribution in [0.4, 0.5) is 0 Å². The van der Waals surface area contributed by atoms with Gasteiger partial charge in [-0.15, -0.1) is 0 Å². The Hall–Kier alpha value is -2.87. The Morgan fingerprint density at radius 3 is 1.96 bits per heavy atom. The van der Waals surface area contributed by atoms with Gasteiger partial charge in [0.1, 0.15) is 0 Å². The Bertz CT molecular complexity index is 761. The highest BCUT2D eigenvalue weighted by Crippen LogP contribution is 2.20. The second-order valence-corrected chi connectivity index (χ2v) is 5.62. The minimum absolute atomic E-state index is 0.362. The number of allylic oxidation sites excluding steroid dienone is 4. The summed E-state index contributed by atoms with van der Waals surface area (Å²) < 4.78 is 4.59. The fourth-order valence-corrected chi connectivity index (χ4v) is 2.18. The van der Waals surface area contributed by atoms with Gasteiger partial charge in [-0.25, -0.2) is 4.79 Å². The van der Waals surface area contributed by atoms with E-state index in [1.807, 2.05) is 12.2 Å². The monoisotopic (exact) mass is 318 g/mol. The lowest BCUT2D eigenvalue weighted by Gasteiger charge is -2.05. The Morgan fingerprint density at radius 2 is 1.38 bits per heavy atom. The highest BCUT2D eigenvalue weighted by Gasteiger charge is 1.99. The molecule has 0 amide bonds. The number of carbonyl (C=O) groups is 1. The summed E-state index contributed by atoms with van der Waals surface area (Å²) in [5.41, 5.74) is 5.80. The molecule has 122 valence electrons. The van der Waals surface area contributed by atoms with E-state index in [2.05, 4.69) is 73.2 Å². The van der Waals surface area contributed by atoms with Crippen LogP contribution in [0.5, 0.6) is 0 Å². The second-order valence-electron chi connectivity index (χ2n) is 5.62. The van der Waals surface area contributed by atoms with Gasteiger partial charge in [-0.05, 0) is 36.6 Å². The van der Waals surface area contributed by atoms with E-state index in [0.717, 1.165) is 16.7 Å². The topological polar surface area (TPSA) is 26.3 Å². The number of hydrogen-bond acceptors (Lipinski definition) is 2. The van der Waals surface area contributed by atoms with Gasteiger partial charge in [-0.2, -0.15) is 0 Å². The van der Waals surface area contributed by atoms with Crippen molar-refractivity contribution in [1.29, 1.82) is 0 Å². The molecule has 2 nitrogen and oxygen atoms in total. The molecule has 0 atom stereocenters. The highest BCUT2D eigenvalue weighted by molar-refractivity contribution is 5.88. The molecule has 0 fully saturated rings. The molecule has 0 unspecified atom stereocenters. The lowest BCUT2D eigenvalue weighted by atomic mass is 10.0. The summed E-state index contributed by atoms with van der Waals surface area (Å²) in [5.74, 6) is -0.362. The Labute approximate surface area is 143 Å². The van der Waals surface area contributed by atoms with E-state index < -0.39 is 0 Å². The number of benzene rings is 2. The quantitative estimate of drug-likeness (QED) is 0.331. The Balaban J connectivity index is 2.32. The molecule has 2 rings (SSSR count). The molecule has 24 heavy (non-hydrogen) atoms. The van der Waals surface area contributed by atoms with Gasteiger partial charge < -0.3 is 4.74 Å². The van der Waals surface area contributed by atoms with Crippen molar-refractivity contribution in [2.24, 2.45) is 0 Å². The predicted octanol–water partition coefficient (Wildman–Crippen LogP) is 5.13. The van der Waals surface area contributed by atoms with Crippen LogP contribution in [0.25, 0.3) is 11.6 Å². The molecule has 0 aliphatic rings. The first kappa shape index (κ1) is 17.5. The number of hydrogen-bond donors (Lipinski definition) is 0. The number of carbonyl (C=O) groups excluding carboxylic acids is 1. The first-order valence-corrected chi connectivity index (χ1v) is 7.86. The lowest BCUT2D eigenvalue weighted by molar-refractivity contribution is -0.134. The summed E-state index contributed by atoms with van der Waals surface area (Å²) in [4.78, 5) is 11.1. The van der Waals surface area contributed by atoms with Gasteiger partial charge in [-0.1, -0.05) is 77.9 Å². The third kappa shape index (κ3) is 5.40. The zero-order chi connectivity index (χ0) is 17.4. The van der Waals surface area contributed by atoms with Crippen LogP contribution >= 0.6 is 0 Å². The average Bonchev–Trinajstić information content (AvgIpc) is 2.60. The van der Waals surface area contributed by atoms with Crippen molar-refractivity contribution in [1.82, 2.24) is 0 Å². The highest BCUT2D eigenvalue weighted by atomic mass is 16.5. The van der Waals surface area contributed by atoms with Crippen molar-refractivity contribution in [3.63, 3.8) is 0 Å². The molecule has 0 radical (unpaired) electrons. The Kier molecular flexibility index (Phi) is 6.32. The van der Waals surface area contributed by atoms with Crippen LogP contribution in [0, 0.1) is 13.8 Å². The first-order chi connectivity index (χ1) is 11.6. The third-order valence-corrected chi connectivity index (χ3v) is 3.60. The molecule has 0 aromatic heterocycles. The van der Waals surface area contributed by atoms with Gasteiger partial charge in [0, 0.05) is 6.08 Å².